The van der Waals surface area contributed by atoms with E-state index in [4.69, 9.17) is 0 Å². The predicted molar refractivity (Wildman–Crippen MR) is 111 cm³/mol. The zero-order valence-electron chi connectivity index (χ0n) is 16.7. The first kappa shape index (κ1) is 20.1. The third kappa shape index (κ3) is 4.42. The van der Waals surface area contributed by atoms with Crippen molar-refractivity contribution < 1.29 is 9.59 Å². The second-order valence-electron chi connectivity index (χ2n) is 7.08. The van der Waals surface area contributed by atoms with Gasteiger partial charge in [-0.05, 0) is 43.8 Å². The minimum absolute atomic E-state index is 0.00215. The number of hydrogen-bond acceptors (Lipinski definition) is 3. The lowest BCUT2D eigenvalue weighted by molar-refractivity contribution is -0.151. The van der Waals surface area contributed by atoms with Gasteiger partial charge in [-0.2, -0.15) is 0 Å². The summed E-state index contributed by atoms with van der Waals surface area (Å²) in [6, 6.07) is 18.4. The minimum Gasteiger partial charge on any atom is -0.338 e. The Balaban J connectivity index is 1.70. The first-order valence-electron chi connectivity index (χ1n) is 10.1. The van der Waals surface area contributed by atoms with Gasteiger partial charge in [-0.25, -0.2) is 0 Å². The fraction of sp³-hybridized carbons (Fsp3) is 0.391. The molecule has 5 nitrogen and oxygen atoms in total. The molecule has 1 fully saturated rings. The van der Waals surface area contributed by atoms with Crippen LogP contribution >= 0.6 is 0 Å². The van der Waals surface area contributed by atoms with Crippen molar-refractivity contribution in [2.24, 2.45) is 0 Å². The van der Waals surface area contributed by atoms with Gasteiger partial charge in [0, 0.05) is 12.1 Å². The Morgan fingerprint density at radius 1 is 1.00 bits per heavy atom. The maximum atomic E-state index is 12.8. The Morgan fingerprint density at radius 2 is 1.61 bits per heavy atom. The normalized spacial score (nSPS) is 18.8. The number of carbonyl (C=O) groups is 2. The topological polar surface area (TPSA) is 52.6 Å². The number of β-lactam (4-membered cyclic amide) rings is 1. The summed E-state index contributed by atoms with van der Waals surface area (Å²) in [6.45, 7) is 8.01. The van der Waals surface area contributed by atoms with Gasteiger partial charge in [0.25, 0.3) is 5.91 Å². The van der Waals surface area contributed by atoms with E-state index in [1.54, 1.807) is 12.1 Å². The van der Waals surface area contributed by atoms with Crippen LogP contribution in [-0.2, 0) is 4.79 Å². The fourth-order valence-corrected chi connectivity index (χ4v) is 3.78. The van der Waals surface area contributed by atoms with E-state index in [1.807, 2.05) is 53.4 Å². The van der Waals surface area contributed by atoms with Crippen LogP contribution in [0, 0.1) is 0 Å². The lowest BCUT2D eigenvalue weighted by Gasteiger charge is -2.47. The van der Waals surface area contributed by atoms with Crippen molar-refractivity contribution in [2.45, 2.75) is 32.4 Å². The average Bonchev–Trinajstić information content (AvgIpc) is 2.75. The molecule has 2 aromatic carbocycles. The van der Waals surface area contributed by atoms with Crippen LogP contribution in [0.25, 0.3) is 0 Å². The second kappa shape index (κ2) is 9.51. The summed E-state index contributed by atoms with van der Waals surface area (Å²) in [7, 11) is 0. The quantitative estimate of drug-likeness (QED) is 0.681. The van der Waals surface area contributed by atoms with E-state index in [0.29, 0.717) is 12.1 Å². The van der Waals surface area contributed by atoms with Crippen LogP contribution < -0.4 is 5.32 Å². The number of nitrogens with one attached hydrogen (secondary N) is 1. The van der Waals surface area contributed by atoms with Crippen molar-refractivity contribution in [3.63, 3.8) is 0 Å². The monoisotopic (exact) mass is 379 g/mol. The Bertz CT molecular complexity index is 775. The van der Waals surface area contributed by atoms with Gasteiger partial charge in [0.15, 0.2) is 0 Å². The molecular weight excluding hydrogens is 350 g/mol. The van der Waals surface area contributed by atoms with Gasteiger partial charge in [-0.3, -0.25) is 9.59 Å². The molecule has 1 heterocycles. The molecule has 1 aliphatic rings. The van der Waals surface area contributed by atoms with Gasteiger partial charge in [0.05, 0.1) is 6.04 Å². The predicted octanol–water partition coefficient (Wildman–Crippen LogP) is 3.10. The van der Waals surface area contributed by atoms with E-state index in [2.05, 4.69) is 24.1 Å². The highest BCUT2D eigenvalue weighted by Crippen LogP contribution is 2.35. The number of carbonyl (C=O) groups excluding carboxylic acids is 2. The fourth-order valence-electron chi connectivity index (χ4n) is 3.78. The van der Waals surface area contributed by atoms with E-state index in [9.17, 15) is 9.59 Å². The molecule has 0 saturated carbocycles. The highest BCUT2D eigenvalue weighted by Gasteiger charge is 2.48. The van der Waals surface area contributed by atoms with Crippen molar-refractivity contribution in [2.75, 3.05) is 26.2 Å². The van der Waals surface area contributed by atoms with E-state index in [1.165, 1.54) is 0 Å². The minimum atomic E-state index is -0.511. The number of amides is 2. The van der Waals surface area contributed by atoms with Crippen molar-refractivity contribution in [1.29, 1.82) is 0 Å². The molecule has 5 heteroatoms. The SMILES string of the molecule is CCN(CC)CCCN1C(=O)[C@@H](NC(=O)c2ccccc2)[C@H]1c1ccccc1. The highest BCUT2D eigenvalue weighted by molar-refractivity contribution is 6.00. The molecular formula is C23H29N3O2. The van der Waals surface area contributed by atoms with Gasteiger partial charge in [0.2, 0.25) is 5.91 Å². The van der Waals surface area contributed by atoms with Crippen molar-refractivity contribution >= 4 is 11.8 Å². The number of nitrogens with zero attached hydrogens (tertiary/aromatic N) is 2. The standard InChI is InChI=1S/C23H29N3O2/c1-3-25(4-2)16-11-17-26-21(18-12-7-5-8-13-18)20(23(26)28)24-22(27)19-14-9-6-10-15-19/h5-10,12-15,20-21H,3-4,11,16-17H2,1-2H3,(H,24,27)/t20-,21+/m0/s1. The summed E-state index contributed by atoms with van der Waals surface area (Å²) in [5.74, 6) is -0.208. The van der Waals surface area contributed by atoms with E-state index < -0.39 is 6.04 Å². The molecule has 1 saturated heterocycles. The van der Waals surface area contributed by atoms with Crippen LogP contribution in [0.1, 0.15) is 42.2 Å². The largest absolute Gasteiger partial charge is 0.338 e. The van der Waals surface area contributed by atoms with Crippen molar-refractivity contribution in [1.82, 2.24) is 15.1 Å². The Hall–Kier alpha value is -2.66. The van der Waals surface area contributed by atoms with Gasteiger partial charge < -0.3 is 15.1 Å². The molecule has 0 bridgehead atoms. The molecule has 3 rings (SSSR count). The lowest BCUT2D eigenvalue weighted by Crippen LogP contribution is -2.65. The maximum Gasteiger partial charge on any atom is 0.251 e. The maximum absolute atomic E-state index is 12.8. The molecule has 0 unspecified atom stereocenters. The second-order valence-corrected chi connectivity index (χ2v) is 7.08. The summed E-state index contributed by atoms with van der Waals surface area (Å²) >= 11 is 0. The summed E-state index contributed by atoms with van der Waals surface area (Å²) in [4.78, 5) is 29.6. The van der Waals surface area contributed by atoms with Crippen LogP contribution in [0.15, 0.2) is 60.7 Å². The molecule has 2 atom stereocenters. The van der Waals surface area contributed by atoms with E-state index >= 15 is 0 Å². The van der Waals surface area contributed by atoms with E-state index in [0.717, 1.165) is 31.6 Å². The van der Waals surface area contributed by atoms with Gasteiger partial charge in [-0.1, -0.05) is 62.4 Å². The van der Waals surface area contributed by atoms with Gasteiger partial charge in [-0.15, -0.1) is 0 Å². The van der Waals surface area contributed by atoms with E-state index in [-0.39, 0.29) is 17.9 Å². The summed E-state index contributed by atoms with van der Waals surface area (Å²) in [5, 5.41) is 2.94. The van der Waals surface area contributed by atoms with Crippen molar-refractivity contribution in [3.8, 4) is 0 Å². The molecule has 0 aliphatic carbocycles. The smallest absolute Gasteiger partial charge is 0.251 e. The molecule has 28 heavy (non-hydrogen) atoms. The van der Waals surface area contributed by atoms with Crippen molar-refractivity contribution in [3.05, 3.63) is 71.8 Å². The summed E-state index contributed by atoms with van der Waals surface area (Å²) in [6.07, 6.45) is 0.927. The van der Waals surface area contributed by atoms with Crippen LogP contribution in [0.2, 0.25) is 0 Å². The molecule has 2 aromatic rings. The lowest BCUT2D eigenvalue weighted by atomic mass is 9.88. The zero-order valence-corrected chi connectivity index (χ0v) is 16.7. The third-order valence-electron chi connectivity index (χ3n) is 5.43. The third-order valence-corrected chi connectivity index (χ3v) is 5.43. The number of rotatable bonds is 9. The van der Waals surface area contributed by atoms with Gasteiger partial charge in [0.1, 0.15) is 6.04 Å². The van der Waals surface area contributed by atoms with Crippen LogP contribution in [0.4, 0.5) is 0 Å². The van der Waals surface area contributed by atoms with Crippen LogP contribution in [0.5, 0.6) is 0 Å². The molecule has 1 N–H and O–H groups in total. The number of likely N-dealkylation sites (tertiary alicyclic amines) is 1. The molecule has 148 valence electrons. The van der Waals surface area contributed by atoms with Gasteiger partial charge >= 0.3 is 0 Å². The molecule has 1 aliphatic heterocycles. The first-order chi connectivity index (χ1) is 13.7. The average molecular weight is 380 g/mol. The summed E-state index contributed by atoms with van der Waals surface area (Å²) in [5.41, 5.74) is 1.63. The molecule has 2 amide bonds. The molecule has 0 aromatic heterocycles. The highest BCUT2D eigenvalue weighted by atomic mass is 16.2. The number of hydrogen-bond donors (Lipinski definition) is 1. The van der Waals surface area contributed by atoms with Crippen LogP contribution in [0.3, 0.4) is 0 Å². The Kier molecular flexibility index (Phi) is 6.82. The zero-order chi connectivity index (χ0) is 19.9. The molecule has 0 spiro atoms. The van der Waals surface area contributed by atoms with Crippen LogP contribution in [-0.4, -0.2) is 53.8 Å². The molecule has 0 radical (unpaired) electrons. The first-order valence-corrected chi connectivity index (χ1v) is 10.1. The Labute approximate surface area is 167 Å². The summed E-state index contributed by atoms with van der Waals surface area (Å²) < 4.78 is 0. The number of benzene rings is 2. The Morgan fingerprint density at radius 3 is 2.21 bits per heavy atom.